The van der Waals surface area contributed by atoms with Gasteiger partial charge in [0.05, 0.1) is 30.2 Å². The lowest BCUT2D eigenvalue weighted by atomic mass is 9.99. The van der Waals surface area contributed by atoms with Crippen molar-refractivity contribution in [2.75, 3.05) is 24.6 Å². The van der Waals surface area contributed by atoms with Gasteiger partial charge in [0.1, 0.15) is 0 Å². The van der Waals surface area contributed by atoms with Gasteiger partial charge in [-0.2, -0.15) is 0 Å². The first-order valence-corrected chi connectivity index (χ1v) is 14.1. The molecule has 2 unspecified atom stereocenters. The van der Waals surface area contributed by atoms with Gasteiger partial charge in [0.25, 0.3) is 0 Å². The monoisotopic (exact) mass is 507 g/mol. The van der Waals surface area contributed by atoms with Gasteiger partial charge in [-0.15, -0.1) is 0 Å². The van der Waals surface area contributed by atoms with E-state index in [4.69, 9.17) is 0 Å². The Hall–Kier alpha value is -2.39. The third-order valence-corrected chi connectivity index (χ3v) is 7.33. The first kappa shape index (κ1) is 28.8. The van der Waals surface area contributed by atoms with E-state index in [9.17, 15) is 23.1 Å². The van der Waals surface area contributed by atoms with Crippen molar-refractivity contribution in [3.63, 3.8) is 0 Å². The Morgan fingerprint density at radius 3 is 2.37 bits per heavy atom. The Labute approximate surface area is 210 Å². The molecule has 9 heteroatoms. The molecular weight excluding hydrogens is 466 g/mol. The van der Waals surface area contributed by atoms with Crippen molar-refractivity contribution >= 4 is 21.8 Å². The van der Waals surface area contributed by atoms with Crippen LogP contribution in [0.15, 0.2) is 42.0 Å². The lowest BCUT2D eigenvalue weighted by Crippen LogP contribution is -2.55. The summed E-state index contributed by atoms with van der Waals surface area (Å²) in [5, 5.41) is 17.0. The van der Waals surface area contributed by atoms with Gasteiger partial charge < -0.3 is 20.6 Å². The molecule has 1 heterocycles. The molecule has 0 aliphatic carbocycles. The average molecular weight is 508 g/mol. The molecule has 1 aliphatic heterocycles. The summed E-state index contributed by atoms with van der Waals surface area (Å²) in [6.07, 6.45) is 2.00. The van der Waals surface area contributed by atoms with Crippen LogP contribution in [0.1, 0.15) is 53.0 Å². The van der Waals surface area contributed by atoms with Crippen LogP contribution in [-0.2, 0) is 21.1 Å². The summed E-state index contributed by atoms with van der Waals surface area (Å²) in [5.74, 6) is -0.395. The van der Waals surface area contributed by atoms with Crippen LogP contribution in [0.3, 0.4) is 0 Å². The Morgan fingerprint density at radius 2 is 1.80 bits per heavy atom. The zero-order valence-electron chi connectivity index (χ0n) is 21.6. The van der Waals surface area contributed by atoms with Gasteiger partial charge in [-0.1, -0.05) is 50.3 Å². The molecule has 0 spiro atoms. The molecule has 1 aliphatic rings. The fraction of sp³-hybridized carbons (Fsp3) is 0.615. The summed E-state index contributed by atoms with van der Waals surface area (Å²) in [6.45, 7) is 10.3. The van der Waals surface area contributed by atoms with E-state index in [2.05, 4.69) is 24.5 Å². The van der Waals surface area contributed by atoms with Gasteiger partial charge in [-0.25, -0.2) is 13.2 Å². The smallest absolute Gasteiger partial charge is 0.317 e. The first-order chi connectivity index (χ1) is 16.3. The summed E-state index contributed by atoms with van der Waals surface area (Å²) in [4.78, 5) is 27.5. The number of allylic oxidation sites excluding steroid dienone is 1. The largest absolute Gasteiger partial charge is 0.389 e. The molecule has 8 nitrogen and oxygen atoms in total. The third kappa shape index (κ3) is 10.4. The number of urea groups is 1. The van der Waals surface area contributed by atoms with Crippen molar-refractivity contribution in [2.24, 2.45) is 5.92 Å². The van der Waals surface area contributed by atoms with Gasteiger partial charge in [0.15, 0.2) is 9.84 Å². The van der Waals surface area contributed by atoms with Crippen molar-refractivity contribution in [2.45, 2.75) is 71.6 Å². The maximum atomic E-state index is 13.0. The molecule has 0 saturated heterocycles. The lowest BCUT2D eigenvalue weighted by molar-refractivity contribution is -0.119. The van der Waals surface area contributed by atoms with Gasteiger partial charge in [-0.3, -0.25) is 4.79 Å². The van der Waals surface area contributed by atoms with E-state index in [-0.39, 0.29) is 29.7 Å². The Morgan fingerprint density at radius 1 is 1.14 bits per heavy atom. The van der Waals surface area contributed by atoms with Gasteiger partial charge in [0, 0.05) is 17.7 Å². The van der Waals surface area contributed by atoms with Crippen LogP contribution >= 0.6 is 0 Å². The normalized spacial score (nSPS) is 17.3. The van der Waals surface area contributed by atoms with Gasteiger partial charge in [-0.05, 0) is 51.5 Å². The number of amides is 3. The van der Waals surface area contributed by atoms with Crippen molar-refractivity contribution in [1.82, 2.24) is 15.5 Å². The number of carbonyl (C=O) groups is 2. The quantitative estimate of drug-likeness (QED) is 0.450. The fourth-order valence-electron chi connectivity index (χ4n) is 3.79. The number of sulfone groups is 1. The first-order valence-electron chi connectivity index (χ1n) is 12.2. The standard InChI is InChI=1S/C26H41N3O5S/c1-19(2)13-14-29(25(32)28-26(3,4)5)17-23(30)22(16-20-10-7-6-8-11-20)27-24(31)21-12-9-15-35(33,34)18-21/h6-8,10-12,19,22-23,30H,9,13-18H2,1-5H3,(H,27,31)(H,28,32). The molecule has 2 atom stereocenters. The molecule has 35 heavy (non-hydrogen) atoms. The minimum atomic E-state index is -3.31. The second kappa shape index (κ2) is 12.5. The van der Waals surface area contributed by atoms with E-state index in [1.165, 1.54) is 0 Å². The average Bonchev–Trinajstić information content (AvgIpc) is 2.74. The van der Waals surface area contributed by atoms with E-state index in [0.29, 0.717) is 25.3 Å². The van der Waals surface area contributed by atoms with Crippen LogP contribution < -0.4 is 10.6 Å². The van der Waals surface area contributed by atoms with Crippen LogP contribution in [0.5, 0.6) is 0 Å². The summed E-state index contributed by atoms with van der Waals surface area (Å²) >= 11 is 0. The van der Waals surface area contributed by atoms with Crippen LogP contribution in [0.2, 0.25) is 0 Å². The highest BCUT2D eigenvalue weighted by Gasteiger charge is 2.30. The van der Waals surface area contributed by atoms with E-state index < -0.39 is 33.4 Å². The van der Waals surface area contributed by atoms with E-state index in [0.717, 1.165) is 12.0 Å². The minimum absolute atomic E-state index is 0.0315. The van der Waals surface area contributed by atoms with E-state index in [1.54, 1.807) is 11.0 Å². The number of nitrogens with one attached hydrogen (secondary N) is 2. The summed E-state index contributed by atoms with van der Waals surface area (Å²) in [6, 6.07) is 8.46. The van der Waals surface area contributed by atoms with Crippen molar-refractivity contribution in [3.05, 3.63) is 47.5 Å². The molecule has 0 bridgehead atoms. The van der Waals surface area contributed by atoms with Crippen molar-refractivity contribution in [1.29, 1.82) is 0 Å². The second-order valence-corrected chi connectivity index (χ2v) is 12.9. The summed E-state index contributed by atoms with van der Waals surface area (Å²) in [5.41, 5.74) is 0.674. The predicted octanol–water partition coefficient (Wildman–Crippen LogP) is 2.68. The summed E-state index contributed by atoms with van der Waals surface area (Å²) < 4.78 is 24.0. The molecule has 0 radical (unpaired) electrons. The molecule has 196 valence electrons. The van der Waals surface area contributed by atoms with Crippen LogP contribution in [-0.4, -0.2) is 72.6 Å². The Bertz CT molecular complexity index is 984. The molecule has 1 aromatic rings. The number of aliphatic hydroxyl groups is 1. The highest BCUT2D eigenvalue weighted by Crippen LogP contribution is 2.15. The minimum Gasteiger partial charge on any atom is -0.389 e. The van der Waals surface area contributed by atoms with Crippen molar-refractivity contribution < 1.29 is 23.1 Å². The summed E-state index contributed by atoms with van der Waals surface area (Å²) in [7, 11) is -3.31. The molecule has 0 fully saturated rings. The maximum absolute atomic E-state index is 13.0. The topological polar surface area (TPSA) is 116 Å². The van der Waals surface area contributed by atoms with Gasteiger partial charge in [0.2, 0.25) is 5.91 Å². The lowest BCUT2D eigenvalue weighted by Gasteiger charge is -2.33. The maximum Gasteiger partial charge on any atom is 0.317 e. The molecular formula is C26H41N3O5S. The number of rotatable bonds is 10. The van der Waals surface area contributed by atoms with E-state index >= 15 is 0 Å². The Balaban J connectivity index is 2.22. The molecule has 3 N–H and O–H groups in total. The van der Waals surface area contributed by atoms with E-state index in [1.807, 2.05) is 51.1 Å². The molecule has 0 aromatic heterocycles. The number of carbonyl (C=O) groups excluding carboxylic acids is 2. The van der Waals surface area contributed by atoms with Crippen LogP contribution in [0.25, 0.3) is 0 Å². The predicted molar refractivity (Wildman–Crippen MR) is 139 cm³/mol. The number of hydrogen-bond donors (Lipinski definition) is 3. The fourth-order valence-corrected chi connectivity index (χ4v) is 5.14. The molecule has 3 amide bonds. The zero-order valence-corrected chi connectivity index (χ0v) is 22.4. The molecule has 0 saturated carbocycles. The number of benzene rings is 1. The highest BCUT2D eigenvalue weighted by molar-refractivity contribution is 7.91. The Kier molecular flexibility index (Phi) is 10.3. The number of hydrogen-bond acceptors (Lipinski definition) is 5. The van der Waals surface area contributed by atoms with Gasteiger partial charge >= 0.3 is 6.03 Å². The number of aliphatic hydroxyl groups excluding tert-OH is 1. The van der Waals surface area contributed by atoms with Crippen LogP contribution in [0, 0.1) is 5.92 Å². The van der Waals surface area contributed by atoms with Crippen molar-refractivity contribution in [3.8, 4) is 0 Å². The second-order valence-electron chi connectivity index (χ2n) is 10.8. The molecule has 2 rings (SSSR count). The zero-order chi connectivity index (χ0) is 26.2. The SMILES string of the molecule is CC(C)CCN(CC(O)C(Cc1ccccc1)NC(=O)C1=CCCS(=O)(=O)C1)C(=O)NC(C)(C)C. The number of nitrogens with zero attached hydrogens (tertiary/aromatic N) is 1. The molecule has 1 aromatic carbocycles. The van der Waals surface area contributed by atoms with Crippen LogP contribution in [0.4, 0.5) is 4.79 Å². The third-order valence-electron chi connectivity index (χ3n) is 5.72. The highest BCUT2D eigenvalue weighted by atomic mass is 32.2.